The van der Waals surface area contributed by atoms with E-state index in [2.05, 4.69) is 37.8 Å². The minimum atomic E-state index is 0.0828. The Morgan fingerprint density at radius 2 is 1.95 bits per heavy atom. The molecule has 118 valence electrons. The summed E-state index contributed by atoms with van der Waals surface area (Å²) >= 11 is 0. The summed E-state index contributed by atoms with van der Waals surface area (Å²) in [6, 6.07) is 8.29. The summed E-state index contributed by atoms with van der Waals surface area (Å²) in [6.45, 7) is 13.0. The SMILES string of the molecule is CCOc1ccc(C(N)CN2CCC(C(C)(C)C)C2)cc1. The van der Waals surface area contributed by atoms with Crippen molar-refractivity contribution in [2.24, 2.45) is 17.1 Å². The van der Waals surface area contributed by atoms with Crippen LogP contribution in [0.15, 0.2) is 24.3 Å². The Morgan fingerprint density at radius 3 is 2.48 bits per heavy atom. The van der Waals surface area contributed by atoms with E-state index >= 15 is 0 Å². The Morgan fingerprint density at radius 1 is 1.29 bits per heavy atom. The van der Waals surface area contributed by atoms with Crippen LogP contribution in [0.2, 0.25) is 0 Å². The molecule has 2 rings (SSSR count). The van der Waals surface area contributed by atoms with E-state index in [1.165, 1.54) is 25.1 Å². The molecule has 1 aromatic rings. The quantitative estimate of drug-likeness (QED) is 0.902. The molecule has 0 radical (unpaired) electrons. The van der Waals surface area contributed by atoms with Gasteiger partial charge in [-0.2, -0.15) is 0 Å². The zero-order valence-electron chi connectivity index (χ0n) is 13.9. The predicted octanol–water partition coefficient (Wildman–Crippen LogP) is 3.45. The van der Waals surface area contributed by atoms with Crippen LogP contribution in [0.5, 0.6) is 5.75 Å². The van der Waals surface area contributed by atoms with E-state index in [1.807, 2.05) is 19.1 Å². The third kappa shape index (κ3) is 4.45. The Kier molecular flexibility index (Phi) is 5.28. The second kappa shape index (κ2) is 6.80. The maximum atomic E-state index is 6.37. The molecule has 0 spiro atoms. The van der Waals surface area contributed by atoms with Crippen molar-refractivity contribution in [2.45, 2.75) is 40.2 Å². The lowest BCUT2D eigenvalue weighted by Crippen LogP contribution is -2.32. The molecule has 0 aromatic heterocycles. The normalized spacial score (nSPS) is 21.5. The van der Waals surface area contributed by atoms with Gasteiger partial charge in [-0.1, -0.05) is 32.9 Å². The fourth-order valence-electron chi connectivity index (χ4n) is 3.07. The number of ether oxygens (including phenoxy) is 1. The van der Waals surface area contributed by atoms with E-state index < -0.39 is 0 Å². The molecule has 2 N–H and O–H groups in total. The van der Waals surface area contributed by atoms with Gasteiger partial charge in [-0.3, -0.25) is 0 Å². The summed E-state index contributed by atoms with van der Waals surface area (Å²) in [5.41, 5.74) is 7.96. The highest BCUT2D eigenvalue weighted by molar-refractivity contribution is 5.29. The second-order valence-electron chi connectivity index (χ2n) is 7.22. The largest absolute Gasteiger partial charge is 0.494 e. The van der Waals surface area contributed by atoms with Crippen LogP contribution in [0.25, 0.3) is 0 Å². The number of hydrogen-bond donors (Lipinski definition) is 1. The van der Waals surface area contributed by atoms with E-state index in [0.717, 1.165) is 18.2 Å². The molecule has 21 heavy (non-hydrogen) atoms. The first-order valence-corrected chi connectivity index (χ1v) is 8.11. The maximum absolute atomic E-state index is 6.37. The van der Waals surface area contributed by atoms with Crippen LogP contribution >= 0.6 is 0 Å². The van der Waals surface area contributed by atoms with Gasteiger partial charge >= 0.3 is 0 Å². The third-order valence-electron chi connectivity index (χ3n) is 4.57. The number of nitrogens with two attached hydrogens (primary N) is 1. The molecule has 1 aromatic carbocycles. The highest BCUT2D eigenvalue weighted by Crippen LogP contribution is 2.34. The molecule has 3 heteroatoms. The fourth-order valence-corrected chi connectivity index (χ4v) is 3.07. The van der Waals surface area contributed by atoms with Crippen molar-refractivity contribution >= 4 is 0 Å². The molecule has 1 saturated heterocycles. The van der Waals surface area contributed by atoms with Gasteiger partial charge in [0.05, 0.1) is 6.61 Å². The third-order valence-corrected chi connectivity index (χ3v) is 4.57. The van der Waals surface area contributed by atoms with Gasteiger partial charge in [0.25, 0.3) is 0 Å². The highest BCUT2D eigenvalue weighted by Gasteiger charge is 2.32. The lowest BCUT2D eigenvalue weighted by molar-refractivity contribution is 0.224. The van der Waals surface area contributed by atoms with E-state index in [-0.39, 0.29) is 6.04 Å². The fraction of sp³-hybridized carbons (Fsp3) is 0.667. The van der Waals surface area contributed by atoms with Gasteiger partial charge in [-0.15, -0.1) is 0 Å². The number of likely N-dealkylation sites (tertiary alicyclic amines) is 1. The lowest BCUT2D eigenvalue weighted by atomic mass is 9.80. The van der Waals surface area contributed by atoms with Crippen LogP contribution in [0.1, 0.15) is 45.7 Å². The monoisotopic (exact) mass is 290 g/mol. The molecule has 1 fully saturated rings. The number of benzene rings is 1. The zero-order valence-corrected chi connectivity index (χ0v) is 13.9. The van der Waals surface area contributed by atoms with Crippen LogP contribution in [0.4, 0.5) is 0 Å². The van der Waals surface area contributed by atoms with E-state index in [1.54, 1.807) is 0 Å². The number of rotatable bonds is 5. The summed E-state index contributed by atoms with van der Waals surface area (Å²) in [5.74, 6) is 1.70. The van der Waals surface area contributed by atoms with Crippen molar-refractivity contribution in [2.75, 3.05) is 26.2 Å². The summed E-state index contributed by atoms with van der Waals surface area (Å²) in [5, 5.41) is 0. The predicted molar refractivity (Wildman–Crippen MR) is 88.5 cm³/mol. The molecule has 1 aliphatic rings. The van der Waals surface area contributed by atoms with E-state index in [9.17, 15) is 0 Å². The van der Waals surface area contributed by atoms with Gasteiger partial charge in [0.1, 0.15) is 5.75 Å². The van der Waals surface area contributed by atoms with Crippen molar-refractivity contribution in [3.05, 3.63) is 29.8 Å². The Hall–Kier alpha value is -1.06. The maximum Gasteiger partial charge on any atom is 0.119 e. The van der Waals surface area contributed by atoms with Gasteiger partial charge < -0.3 is 15.4 Å². The molecule has 0 amide bonds. The molecule has 1 aliphatic heterocycles. The summed E-state index contributed by atoms with van der Waals surface area (Å²) < 4.78 is 5.47. The zero-order chi connectivity index (χ0) is 15.5. The topological polar surface area (TPSA) is 38.5 Å². The molecular weight excluding hydrogens is 260 g/mol. The Balaban J connectivity index is 1.88. The van der Waals surface area contributed by atoms with Gasteiger partial charge in [-0.25, -0.2) is 0 Å². The van der Waals surface area contributed by atoms with Crippen LogP contribution in [0.3, 0.4) is 0 Å². The standard InChI is InChI=1S/C18H30N2O/c1-5-21-16-8-6-14(7-9-16)17(19)13-20-11-10-15(12-20)18(2,3)4/h6-9,15,17H,5,10-13,19H2,1-4H3. The molecule has 0 aliphatic carbocycles. The number of nitrogens with zero attached hydrogens (tertiary/aromatic N) is 1. The van der Waals surface area contributed by atoms with Crippen molar-refractivity contribution in [3.63, 3.8) is 0 Å². The smallest absolute Gasteiger partial charge is 0.119 e. The number of hydrogen-bond acceptors (Lipinski definition) is 3. The Labute approximate surface area is 129 Å². The van der Waals surface area contributed by atoms with Gasteiger partial charge in [0, 0.05) is 19.1 Å². The van der Waals surface area contributed by atoms with Crippen LogP contribution < -0.4 is 10.5 Å². The first-order chi connectivity index (χ1) is 9.90. The Bertz CT molecular complexity index is 436. The average Bonchev–Trinajstić information content (AvgIpc) is 2.88. The summed E-state index contributed by atoms with van der Waals surface area (Å²) in [7, 11) is 0. The van der Waals surface area contributed by atoms with Gasteiger partial charge in [-0.05, 0) is 48.9 Å². The van der Waals surface area contributed by atoms with Crippen LogP contribution in [-0.4, -0.2) is 31.1 Å². The molecule has 1 heterocycles. The molecular formula is C18H30N2O. The summed E-state index contributed by atoms with van der Waals surface area (Å²) in [4.78, 5) is 2.51. The molecule has 2 atom stereocenters. The van der Waals surface area contributed by atoms with Gasteiger partial charge in [0.2, 0.25) is 0 Å². The molecule has 2 unspecified atom stereocenters. The van der Waals surface area contributed by atoms with Crippen LogP contribution in [0, 0.1) is 11.3 Å². The van der Waals surface area contributed by atoms with E-state index in [0.29, 0.717) is 12.0 Å². The molecule has 0 saturated carbocycles. The average molecular weight is 290 g/mol. The van der Waals surface area contributed by atoms with Crippen molar-refractivity contribution < 1.29 is 4.74 Å². The lowest BCUT2D eigenvalue weighted by Gasteiger charge is -2.28. The molecule has 0 bridgehead atoms. The van der Waals surface area contributed by atoms with Crippen molar-refractivity contribution in [1.29, 1.82) is 0 Å². The van der Waals surface area contributed by atoms with Crippen molar-refractivity contribution in [3.8, 4) is 5.75 Å². The second-order valence-corrected chi connectivity index (χ2v) is 7.22. The first-order valence-electron chi connectivity index (χ1n) is 8.11. The van der Waals surface area contributed by atoms with Crippen LogP contribution in [-0.2, 0) is 0 Å². The minimum Gasteiger partial charge on any atom is -0.494 e. The first kappa shape index (κ1) is 16.3. The molecule has 3 nitrogen and oxygen atoms in total. The minimum absolute atomic E-state index is 0.0828. The van der Waals surface area contributed by atoms with E-state index in [4.69, 9.17) is 10.5 Å². The summed E-state index contributed by atoms with van der Waals surface area (Å²) in [6.07, 6.45) is 1.29. The van der Waals surface area contributed by atoms with Gasteiger partial charge in [0.15, 0.2) is 0 Å². The van der Waals surface area contributed by atoms with Crippen molar-refractivity contribution in [1.82, 2.24) is 4.90 Å². The highest BCUT2D eigenvalue weighted by atomic mass is 16.5.